The smallest absolute Gasteiger partial charge is 0.322 e. The quantitative estimate of drug-likeness (QED) is 0.129. The zero-order chi connectivity index (χ0) is 35.4. The molecule has 16 heteroatoms. The van der Waals surface area contributed by atoms with Gasteiger partial charge in [-0.3, -0.25) is 29.5 Å². The number of anilines is 2. The first-order valence-electron chi connectivity index (χ1n) is 14.7. The molecule has 6 aromatic rings. The third-order valence-electron chi connectivity index (χ3n) is 7.23. The lowest BCUT2D eigenvalue weighted by Gasteiger charge is -2.08. The van der Waals surface area contributed by atoms with Crippen molar-refractivity contribution in [3.63, 3.8) is 0 Å². The minimum absolute atomic E-state index is 0.0999. The van der Waals surface area contributed by atoms with Crippen LogP contribution in [0.5, 0.6) is 0 Å². The third kappa shape index (κ3) is 7.18. The molecule has 0 saturated heterocycles. The van der Waals surface area contributed by atoms with Gasteiger partial charge in [0.15, 0.2) is 0 Å². The van der Waals surface area contributed by atoms with E-state index in [2.05, 4.69) is 10.6 Å². The average molecular weight is 673 g/mol. The van der Waals surface area contributed by atoms with Crippen molar-refractivity contribution in [2.75, 3.05) is 10.6 Å². The van der Waals surface area contributed by atoms with E-state index >= 15 is 0 Å². The Kier molecular flexibility index (Phi) is 8.81. The second-order valence-corrected chi connectivity index (χ2v) is 10.6. The van der Waals surface area contributed by atoms with Gasteiger partial charge < -0.3 is 10.6 Å². The van der Waals surface area contributed by atoms with E-state index < -0.39 is 46.0 Å². The zero-order valence-corrected chi connectivity index (χ0v) is 25.6. The number of aromatic amines is 4. The first-order valence-corrected chi connectivity index (χ1v) is 14.7. The first kappa shape index (κ1) is 32.3. The normalized spacial score (nSPS) is 11.0. The van der Waals surface area contributed by atoms with Crippen LogP contribution in [0.3, 0.4) is 0 Å². The molecule has 50 heavy (non-hydrogen) atoms. The molecule has 6 N–H and O–H groups in total. The molecule has 0 unspecified atom stereocenters. The van der Waals surface area contributed by atoms with Crippen molar-refractivity contribution in [3.8, 4) is 11.4 Å². The van der Waals surface area contributed by atoms with Crippen molar-refractivity contribution >= 4 is 35.3 Å². The number of carbonyl (C=O) groups excluding carboxylic acids is 2. The highest BCUT2D eigenvalue weighted by Crippen LogP contribution is 2.17. The van der Waals surface area contributed by atoms with Gasteiger partial charge in [0, 0.05) is 22.5 Å². The Morgan fingerprint density at radius 1 is 0.480 bits per heavy atom. The number of H-pyrrole nitrogens is 4. The monoisotopic (exact) mass is 672 g/mol. The summed E-state index contributed by atoms with van der Waals surface area (Å²) < 4.78 is 1.41. The number of hydrogen-bond acceptors (Lipinski definition) is 8. The molecule has 0 aliphatic rings. The molecule has 16 nitrogen and oxygen atoms in total. The highest BCUT2D eigenvalue weighted by molar-refractivity contribution is 6.05. The number of benzene rings is 4. The second kappa shape index (κ2) is 13.6. The molecule has 2 heterocycles. The molecular formula is C34H24N8O8. The van der Waals surface area contributed by atoms with Gasteiger partial charge >= 0.3 is 34.1 Å². The van der Waals surface area contributed by atoms with Crippen molar-refractivity contribution in [2.24, 2.45) is 0 Å². The Hall–Kier alpha value is -7.62. The number of rotatable bonds is 8. The van der Waals surface area contributed by atoms with Crippen LogP contribution in [-0.2, 0) is 0 Å². The molecule has 4 aromatic carbocycles. The van der Waals surface area contributed by atoms with Crippen LogP contribution in [0.1, 0.15) is 31.8 Å². The minimum atomic E-state index is -0.938. The van der Waals surface area contributed by atoms with E-state index in [4.69, 9.17) is 0 Å². The maximum atomic E-state index is 12.9. The maximum absolute atomic E-state index is 12.9. The molecule has 0 saturated carbocycles. The Bertz CT molecular complexity index is 2410. The minimum Gasteiger partial charge on any atom is -0.322 e. The van der Waals surface area contributed by atoms with Crippen LogP contribution < -0.4 is 44.8 Å². The van der Waals surface area contributed by atoms with Crippen LogP contribution in [0.15, 0.2) is 126 Å². The molecule has 0 fully saturated rings. The molecule has 0 bridgehead atoms. The number of carbonyl (C=O) groups is 2. The fraction of sp³-hybridized carbons (Fsp3) is 0. The van der Waals surface area contributed by atoms with Crippen molar-refractivity contribution < 1.29 is 9.59 Å². The lowest BCUT2D eigenvalue weighted by Crippen LogP contribution is -2.42. The largest absolute Gasteiger partial charge is 0.338 e. The highest BCUT2D eigenvalue weighted by atomic mass is 16.2. The lowest BCUT2D eigenvalue weighted by atomic mass is 10.1. The second-order valence-electron chi connectivity index (χ2n) is 10.6. The summed E-state index contributed by atoms with van der Waals surface area (Å²) in [4.78, 5) is 105. The van der Waals surface area contributed by atoms with Gasteiger partial charge in [0.2, 0.25) is 0 Å². The molecule has 0 aliphatic carbocycles. The molecular weight excluding hydrogens is 648 g/mol. The number of nitrogens with zero attached hydrogens (tertiary/aromatic N) is 2. The lowest BCUT2D eigenvalue weighted by molar-refractivity contribution is 0.101. The van der Waals surface area contributed by atoms with Crippen molar-refractivity contribution in [2.45, 2.75) is 0 Å². The van der Waals surface area contributed by atoms with E-state index in [1.807, 2.05) is 32.1 Å². The van der Waals surface area contributed by atoms with E-state index in [0.29, 0.717) is 20.5 Å². The van der Waals surface area contributed by atoms with Crippen LogP contribution in [0.25, 0.3) is 23.5 Å². The summed E-state index contributed by atoms with van der Waals surface area (Å²) in [7, 11) is 0. The van der Waals surface area contributed by atoms with Gasteiger partial charge in [-0.15, -0.1) is 0 Å². The molecule has 0 radical (unpaired) electrons. The Morgan fingerprint density at radius 2 is 0.820 bits per heavy atom. The topological polar surface area (TPSA) is 234 Å². The SMILES string of the molecule is O=C(Nc1ccc(/C=C/c2ccc(NC(=O)c3cccc(-n4c(=O)[nH]c(=O)[nH]c4=O)c3)cc2)cc1)c1cccc(-n2c(=O)[nH]c(=O)[nH]c2=O)c1. The molecule has 2 aromatic heterocycles. The Morgan fingerprint density at radius 3 is 1.16 bits per heavy atom. The van der Waals surface area contributed by atoms with Crippen LogP contribution in [0, 0.1) is 0 Å². The number of nitrogens with one attached hydrogen (secondary N) is 6. The third-order valence-corrected chi connectivity index (χ3v) is 7.23. The van der Waals surface area contributed by atoms with E-state index in [-0.39, 0.29) is 22.5 Å². The van der Waals surface area contributed by atoms with E-state index in [0.717, 1.165) is 11.1 Å². The average Bonchev–Trinajstić information content (AvgIpc) is 3.08. The first-order chi connectivity index (χ1) is 24.0. The Labute approximate surface area is 278 Å². The summed E-state index contributed by atoms with van der Waals surface area (Å²) in [6.45, 7) is 0. The van der Waals surface area contributed by atoms with E-state index in [9.17, 15) is 38.4 Å². The molecule has 0 atom stereocenters. The number of aromatic nitrogens is 6. The molecule has 2 amide bonds. The van der Waals surface area contributed by atoms with Gasteiger partial charge in [0.25, 0.3) is 11.8 Å². The van der Waals surface area contributed by atoms with Crippen molar-refractivity contribution in [1.29, 1.82) is 0 Å². The van der Waals surface area contributed by atoms with Crippen molar-refractivity contribution in [3.05, 3.63) is 182 Å². The fourth-order valence-electron chi connectivity index (χ4n) is 4.85. The summed E-state index contributed by atoms with van der Waals surface area (Å²) in [5.41, 5.74) is -2.40. The summed E-state index contributed by atoms with van der Waals surface area (Å²) in [6, 6.07) is 25.6. The van der Waals surface area contributed by atoms with Crippen LogP contribution >= 0.6 is 0 Å². The molecule has 0 spiro atoms. The van der Waals surface area contributed by atoms with E-state index in [1.54, 1.807) is 48.5 Å². The van der Waals surface area contributed by atoms with Gasteiger partial charge in [-0.25, -0.2) is 37.9 Å². The van der Waals surface area contributed by atoms with Crippen molar-refractivity contribution in [1.82, 2.24) is 29.1 Å². The molecule has 0 aliphatic heterocycles. The highest BCUT2D eigenvalue weighted by Gasteiger charge is 2.12. The number of amides is 2. The van der Waals surface area contributed by atoms with Gasteiger partial charge in [0.1, 0.15) is 0 Å². The van der Waals surface area contributed by atoms with Gasteiger partial charge in [0.05, 0.1) is 11.4 Å². The predicted octanol–water partition coefficient (Wildman–Crippen LogP) is 1.42. The van der Waals surface area contributed by atoms with Crippen LogP contribution in [0.2, 0.25) is 0 Å². The predicted molar refractivity (Wildman–Crippen MR) is 184 cm³/mol. The Balaban J connectivity index is 1.07. The maximum Gasteiger partial charge on any atom is 0.338 e. The fourth-order valence-corrected chi connectivity index (χ4v) is 4.85. The molecule has 248 valence electrons. The summed E-state index contributed by atoms with van der Waals surface area (Å²) >= 11 is 0. The zero-order valence-electron chi connectivity index (χ0n) is 25.6. The van der Waals surface area contributed by atoms with Gasteiger partial charge in [-0.1, -0.05) is 48.6 Å². The van der Waals surface area contributed by atoms with Gasteiger partial charge in [-0.2, -0.15) is 0 Å². The molecule has 6 rings (SSSR count). The number of hydrogen-bond donors (Lipinski definition) is 6. The summed E-state index contributed by atoms with van der Waals surface area (Å²) in [6.07, 6.45) is 3.71. The van der Waals surface area contributed by atoms with Gasteiger partial charge in [-0.05, 0) is 71.8 Å². The van der Waals surface area contributed by atoms with Crippen LogP contribution in [0.4, 0.5) is 11.4 Å². The standard InChI is InChI=1S/C34H24N8O8/c43-27(21-3-1-5-25(17-21)41-31(47)37-29(45)38-32(41)48)35-23-13-9-19(10-14-23)7-8-20-11-15-24(16-12-20)36-28(44)22-4-2-6-26(18-22)42-33(49)39-30(46)40-34(42)50/h1-18H,(H,35,43)(H,36,44)(H2,37,38,45,47,48)(H2,39,40,46,49,50)/b8-7+. The summed E-state index contributed by atoms with van der Waals surface area (Å²) in [5, 5.41) is 5.51. The summed E-state index contributed by atoms with van der Waals surface area (Å²) in [5.74, 6) is -0.966. The van der Waals surface area contributed by atoms with Crippen LogP contribution in [-0.4, -0.2) is 40.9 Å². The van der Waals surface area contributed by atoms with E-state index in [1.165, 1.54) is 48.5 Å².